The summed E-state index contributed by atoms with van der Waals surface area (Å²) < 4.78 is 8.18. The Kier molecular flexibility index (Phi) is 7.49. The van der Waals surface area contributed by atoms with Gasteiger partial charge in [0.15, 0.2) is 12.3 Å². The number of aromatic nitrogens is 2. The van der Waals surface area contributed by atoms with Crippen molar-refractivity contribution in [3.8, 4) is 0 Å². The summed E-state index contributed by atoms with van der Waals surface area (Å²) in [6.45, 7) is 0.465. The van der Waals surface area contributed by atoms with Gasteiger partial charge in [-0.15, -0.1) is 0 Å². The minimum Gasteiger partial charge on any atom is -0.479 e. The Morgan fingerprint density at radius 1 is 1.40 bits per heavy atom. The van der Waals surface area contributed by atoms with Crippen molar-refractivity contribution in [3.05, 3.63) is 34.9 Å². The summed E-state index contributed by atoms with van der Waals surface area (Å²) in [7, 11) is 1.70. The molecule has 0 spiro atoms. The first-order chi connectivity index (χ1) is 14.1. The predicted octanol–water partition coefficient (Wildman–Crippen LogP) is -3.13. The molecule has 1 aromatic rings. The maximum atomic E-state index is 12.3. The van der Waals surface area contributed by atoms with Crippen LogP contribution in [0.5, 0.6) is 0 Å². The third-order valence-corrected chi connectivity index (χ3v) is 4.52. The molecule has 0 bridgehead atoms. The fourth-order valence-corrected chi connectivity index (χ4v) is 2.78. The van der Waals surface area contributed by atoms with Gasteiger partial charge in [0.1, 0.15) is 5.82 Å². The van der Waals surface area contributed by atoms with E-state index >= 15 is 0 Å². The Hall–Kier alpha value is -3.45. The molecular weight excluding hydrogens is 396 g/mol. The molecule has 0 aliphatic carbocycles. The molecule has 30 heavy (non-hydrogen) atoms. The zero-order valence-corrected chi connectivity index (χ0v) is 16.5. The van der Waals surface area contributed by atoms with Crippen molar-refractivity contribution in [1.82, 2.24) is 14.9 Å². The first-order valence-corrected chi connectivity index (χ1v) is 9.13. The lowest BCUT2D eigenvalue weighted by molar-refractivity contribution is -0.500. The van der Waals surface area contributed by atoms with Crippen LogP contribution < -0.4 is 33.9 Å². The number of carboxylic acid groups (broad SMARTS) is 1. The molecule has 2 heterocycles. The average Bonchev–Trinajstić information content (AvgIpc) is 2.66. The van der Waals surface area contributed by atoms with Crippen LogP contribution in [0.4, 0.5) is 5.82 Å². The minimum atomic E-state index is -1.41. The molecule has 1 aliphatic heterocycles. The maximum Gasteiger partial charge on any atom is 0.351 e. The molecule has 10 N–H and O–H groups in total. The van der Waals surface area contributed by atoms with Crippen molar-refractivity contribution in [2.75, 3.05) is 19.3 Å². The lowest BCUT2D eigenvalue weighted by atomic mass is 10.1. The number of hydrogen-bond donors (Lipinski definition) is 6. The molecule has 164 valence electrons. The van der Waals surface area contributed by atoms with Gasteiger partial charge >= 0.3 is 17.6 Å². The van der Waals surface area contributed by atoms with E-state index in [-0.39, 0.29) is 18.2 Å². The van der Waals surface area contributed by atoms with Crippen LogP contribution in [-0.4, -0.2) is 68.8 Å². The number of anilines is 1. The molecule has 13 heteroatoms. The summed E-state index contributed by atoms with van der Waals surface area (Å²) in [5.74, 6) is -1.56. The third kappa shape index (κ3) is 6.02. The predicted molar refractivity (Wildman–Crippen MR) is 107 cm³/mol. The van der Waals surface area contributed by atoms with Crippen LogP contribution >= 0.6 is 0 Å². The summed E-state index contributed by atoms with van der Waals surface area (Å²) >= 11 is 0. The summed E-state index contributed by atoms with van der Waals surface area (Å²) in [6, 6.07) is -0.0285. The molecule has 0 aromatic carbocycles. The highest BCUT2D eigenvalue weighted by Gasteiger charge is 2.35. The van der Waals surface area contributed by atoms with E-state index in [1.54, 1.807) is 11.6 Å². The average molecular weight is 423 g/mol. The smallest absolute Gasteiger partial charge is 0.351 e. The second kappa shape index (κ2) is 9.84. The highest BCUT2D eigenvalue weighted by atomic mass is 16.5. The zero-order chi connectivity index (χ0) is 22.4. The summed E-state index contributed by atoms with van der Waals surface area (Å²) in [5, 5.41) is 12.1. The lowest BCUT2D eigenvalue weighted by Crippen LogP contribution is -2.51. The molecule has 4 atom stereocenters. The van der Waals surface area contributed by atoms with Gasteiger partial charge in [0.25, 0.3) is 0 Å². The summed E-state index contributed by atoms with van der Waals surface area (Å²) in [6.07, 6.45) is 2.27. The van der Waals surface area contributed by atoms with E-state index in [0.29, 0.717) is 13.0 Å². The van der Waals surface area contributed by atoms with Crippen LogP contribution in [0.15, 0.2) is 29.2 Å². The summed E-state index contributed by atoms with van der Waals surface area (Å²) in [5.41, 5.74) is 21.6. The summed E-state index contributed by atoms with van der Waals surface area (Å²) in [4.78, 5) is 39.5. The van der Waals surface area contributed by atoms with Gasteiger partial charge in [0, 0.05) is 18.7 Å². The van der Waals surface area contributed by atoms with E-state index in [1.165, 1.54) is 24.4 Å². The Bertz CT molecular complexity index is 908. The Labute approximate surface area is 172 Å². The van der Waals surface area contributed by atoms with Gasteiger partial charge in [-0.1, -0.05) is 6.08 Å². The van der Waals surface area contributed by atoms with Gasteiger partial charge < -0.3 is 26.6 Å². The molecule has 0 saturated heterocycles. The number of carboxylic acids is 1. The molecular formula is C17H27N8O5+. The van der Waals surface area contributed by atoms with E-state index in [9.17, 15) is 19.5 Å². The van der Waals surface area contributed by atoms with E-state index in [0.717, 1.165) is 4.57 Å². The lowest BCUT2D eigenvalue weighted by Gasteiger charge is -2.31. The number of rotatable bonds is 8. The molecule has 1 amide bonds. The van der Waals surface area contributed by atoms with Crippen LogP contribution in [0.2, 0.25) is 0 Å². The van der Waals surface area contributed by atoms with E-state index in [1.807, 2.05) is 0 Å². The van der Waals surface area contributed by atoms with E-state index in [2.05, 4.69) is 10.3 Å². The van der Waals surface area contributed by atoms with Gasteiger partial charge in [-0.3, -0.25) is 25.4 Å². The number of aliphatic carboxylic acids is 1. The normalized spacial score (nSPS) is 21.6. The number of carbonyl (C=O) groups excluding carboxylic acids is 1. The van der Waals surface area contributed by atoms with Crippen molar-refractivity contribution in [3.63, 3.8) is 0 Å². The molecule has 2 rings (SSSR count). The molecule has 0 saturated carbocycles. The van der Waals surface area contributed by atoms with Crippen LogP contribution in [-0.2, 0) is 14.3 Å². The number of nitrogens with one attached hydrogen (secondary N) is 1. The van der Waals surface area contributed by atoms with Crippen molar-refractivity contribution >= 4 is 23.7 Å². The molecule has 0 radical (unpaired) electrons. The van der Waals surface area contributed by atoms with Crippen LogP contribution in [0.1, 0.15) is 19.1 Å². The van der Waals surface area contributed by atoms with Crippen molar-refractivity contribution in [1.29, 1.82) is 0 Å². The quantitative estimate of drug-likeness (QED) is 0.107. The maximum absolute atomic E-state index is 12.3. The SMILES string of the molecule is C[N+](CC[C@@H](N)CC(=O)N[C@H]1C=C[C@@H](n2ccc(N)nc2=O)O[C@H]1C(=O)O)=C(N)N. The van der Waals surface area contributed by atoms with E-state index in [4.69, 9.17) is 27.7 Å². The number of nitrogen functional groups attached to an aromatic ring is 1. The Balaban J connectivity index is 2.02. The number of nitrogens with zero attached hydrogens (tertiary/aromatic N) is 3. The largest absolute Gasteiger partial charge is 0.479 e. The molecule has 0 unspecified atom stereocenters. The van der Waals surface area contributed by atoms with E-state index < -0.39 is 42.0 Å². The van der Waals surface area contributed by atoms with Gasteiger partial charge in [-0.2, -0.15) is 4.98 Å². The topological polar surface area (TPSA) is 218 Å². The number of guanidine groups is 1. The second-order valence-electron chi connectivity index (χ2n) is 6.91. The van der Waals surface area contributed by atoms with Gasteiger partial charge in [-0.25, -0.2) is 9.59 Å². The fraction of sp³-hybridized carbons (Fsp3) is 0.471. The Morgan fingerprint density at radius 2 is 2.10 bits per heavy atom. The number of hydrogen-bond acceptors (Lipinski definition) is 7. The Morgan fingerprint density at radius 3 is 2.70 bits per heavy atom. The number of carbonyl (C=O) groups is 2. The van der Waals surface area contributed by atoms with Gasteiger partial charge in [-0.05, 0) is 18.6 Å². The van der Waals surface area contributed by atoms with Gasteiger partial charge in [0.2, 0.25) is 5.91 Å². The molecule has 0 fully saturated rings. The van der Waals surface area contributed by atoms with Crippen molar-refractivity contribution in [2.24, 2.45) is 17.2 Å². The first-order valence-electron chi connectivity index (χ1n) is 9.13. The molecule has 1 aliphatic rings. The monoisotopic (exact) mass is 423 g/mol. The standard InChI is InChI=1S/C17H26N8O5/c1-24(16(20)21)6-4-9(18)8-12(26)22-10-2-3-13(30-14(10)15(27)28)25-7-5-11(19)23-17(25)29/h2-3,5,7,9-10,13-14H,4,6,8,18H2,1H3,(H7,19,20,21,22,23,26,27,28,29)/p+1/t9-,10+,13+,14-/m1/s1. The fourth-order valence-electron chi connectivity index (χ4n) is 2.78. The minimum absolute atomic E-state index is 0.0280. The zero-order valence-electron chi connectivity index (χ0n) is 16.5. The number of nitrogens with two attached hydrogens (primary N) is 4. The highest BCUT2D eigenvalue weighted by Crippen LogP contribution is 2.20. The second-order valence-corrected chi connectivity index (χ2v) is 6.91. The molecule has 1 aromatic heterocycles. The van der Waals surface area contributed by atoms with Crippen LogP contribution in [0.25, 0.3) is 0 Å². The number of ether oxygens (including phenoxy) is 1. The van der Waals surface area contributed by atoms with Crippen molar-refractivity contribution < 1.29 is 24.0 Å². The molecule has 13 nitrogen and oxygen atoms in total. The third-order valence-electron chi connectivity index (χ3n) is 4.52. The highest BCUT2D eigenvalue weighted by molar-refractivity contribution is 5.80. The number of amides is 1. The van der Waals surface area contributed by atoms with Crippen LogP contribution in [0, 0.1) is 0 Å². The first kappa shape index (κ1) is 22.8. The van der Waals surface area contributed by atoms with Gasteiger partial charge in [0.05, 0.1) is 19.6 Å². The van der Waals surface area contributed by atoms with Crippen LogP contribution in [0.3, 0.4) is 0 Å². The van der Waals surface area contributed by atoms with Crippen molar-refractivity contribution in [2.45, 2.75) is 37.3 Å².